The summed E-state index contributed by atoms with van der Waals surface area (Å²) in [6, 6.07) is 9.64. The summed E-state index contributed by atoms with van der Waals surface area (Å²) in [7, 11) is 0. The zero-order valence-corrected chi connectivity index (χ0v) is 11.8. The highest BCUT2D eigenvalue weighted by molar-refractivity contribution is 5.92. The third-order valence-corrected chi connectivity index (χ3v) is 4.40. The summed E-state index contributed by atoms with van der Waals surface area (Å²) in [5.41, 5.74) is 1.44. The van der Waals surface area contributed by atoms with Gasteiger partial charge in [0.05, 0.1) is 17.7 Å². The minimum Gasteiger partial charge on any atom is -0.393 e. The maximum atomic E-state index is 12.4. The first-order valence-electron chi connectivity index (χ1n) is 7.36. The van der Waals surface area contributed by atoms with Crippen LogP contribution >= 0.6 is 0 Å². The van der Waals surface area contributed by atoms with Gasteiger partial charge in [0.25, 0.3) is 0 Å². The molecule has 0 aromatic heterocycles. The van der Waals surface area contributed by atoms with Crippen molar-refractivity contribution in [3.05, 3.63) is 41.5 Å². The molecule has 2 fully saturated rings. The monoisotopic (exact) mass is 282 g/mol. The van der Waals surface area contributed by atoms with Gasteiger partial charge in [-0.3, -0.25) is 4.79 Å². The van der Waals surface area contributed by atoms with Crippen molar-refractivity contribution in [3.63, 3.8) is 0 Å². The average molecular weight is 282 g/mol. The number of aliphatic hydroxyl groups is 1. The van der Waals surface area contributed by atoms with Gasteiger partial charge in [-0.15, -0.1) is 0 Å². The second-order valence-corrected chi connectivity index (χ2v) is 5.83. The Morgan fingerprint density at radius 2 is 2.05 bits per heavy atom. The fourth-order valence-electron chi connectivity index (χ4n) is 3.47. The number of benzene rings is 1. The van der Waals surface area contributed by atoms with E-state index in [1.807, 2.05) is 17.0 Å². The van der Waals surface area contributed by atoms with Gasteiger partial charge in [0.1, 0.15) is 0 Å². The maximum absolute atomic E-state index is 12.4. The second kappa shape index (κ2) is 5.71. The van der Waals surface area contributed by atoms with Crippen molar-refractivity contribution < 1.29 is 9.90 Å². The first-order chi connectivity index (χ1) is 10.2. The molecular weight excluding hydrogens is 264 g/mol. The highest BCUT2D eigenvalue weighted by atomic mass is 16.3. The van der Waals surface area contributed by atoms with Crippen molar-refractivity contribution in [3.8, 4) is 6.07 Å². The molecule has 0 aliphatic carbocycles. The third-order valence-electron chi connectivity index (χ3n) is 4.40. The van der Waals surface area contributed by atoms with E-state index in [4.69, 9.17) is 5.26 Å². The van der Waals surface area contributed by atoms with E-state index in [-0.39, 0.29) is 24.1 Å². The summed E-state index contributed by atoms with van der Waals surface area (Å²) in [5, 5.41) is 18.6. The molecule has 2 aliphatic heterocycles. The van der Waals surface area contributed by atoms with Crippen molar-refractivity contribution in [1.82, 2.24) is 4.90 Å². The fraction of sp³-hybridized carbons (Fsp3) is 0.412. The van der Waals surface area contributed by atoms with Gasteiger partial charge in [0.15, 0.2) is 0 Å². The summed E-state index contributed by atoms with van der Waals surface area (Å²) in [5.74, 6) is 0.0109. The van der Waals surface area contributed by atoms with Crippen LogP contribution in [0.1, 0.15) is 36.8 Å². The van der Waals surface area contributed by atoms with Crippen molar-refractivity contribution in [1.29, 1.82) is 5.26 Å². The van der Waals surface area contributed by atoms with Crippen LogP contribution in [0.2, 0.25) is 0 Å². The van der Waals surface area contributed by atoms with Gasteiger partial charge in [-0.2, -0.15) is 5.26 Å². The van der Waals surface area contributed by atoms with E-state index in [0.717, 1.165) is 18.4 Å². The van der Waals surface area contributed by atoms with Crippen LogP contribution in [0.25, 0.3) is 6.08 Å². The summed E-state index contributed by atoms with van der Waals surface area (Å²) >= 11 is 0. The maximum Gasteiger partial charge on any atom is 0.247 e. The van der Waals surface area contributed by atoms with Crippen LogP contribution in [0, 0.1) is 11.3 Å². The average Bonchev–Trinajstić information content (AvgIpc) is 2.77. The zero-order valence-electron chi connectivity index (χ0n) is 11.8. The summed E-state index contributed by atoms with van der Waals surface area (Å²) in [6.45, 7) is 0. The molecule has 1 amide bonds. The highest BCUT2D eigenvalue weighted by Gasteiger charge is 2.41. The molecule has 2 aliphatic rings. The van der Waals surface area contributed by atoms with Crippen LogP contribution in [-0.4, -0.2) is 34.1 Å². The number of piperidine rings is 1. The van der Waals surface area contributed by atoms with Crippen LogP contribution in [0.5, 0.6) is 0 Å². The van der Waals surface area contributed by atoms with Crippen LogP contribution in [0.4, 0.5) is 0 Å². The number of rotatable bonds is 2. The first kappa shape index (κ1) is 13.8. The van der Waals surface area contributed by atoms with E-state index < -0.39 is 0 Å². The number of carbonyl (C=O) groups is 1. The zero-order chi connectivity index (χ0) is 14.8. The van der Waals surface area contributed by atoms with Gasteiger partial charge in [0.2, 0.25) is 5.91 Å². The van der Waals surface area contributed by atoms with Crippen molar-refractivity contribution in [2.75, 3.05) is 0 Å². The van der Waals surface area contributed by atoms with Gasteiger partial charge in [-0.1, -0.05) is 12.1 Å². The van der Waals surface area contributed by atoms with Crippen molar-refractivity contribution >= 4 is 12.0 Å². The highest BCUT2D eigenvalue weighted by Crippen LogP contribution is 2.35. The third kappa shape index (κ3) is 2.84. The SMILES string of the molecule is N#Cc1cccc(C=CC(=O)N2C3CCC2CC(O)C3)c1. The summed E-state index contributed by atoms with van der Waals surface area (Å²) < 4.78 is 0. The molecule has 4 heteroatoms. The molecule has 0 radical (unpaired) electrons. The minimum absolute atomic E-state index is 0.0109. The second-order valence-electron chi connectivity index (χ2n) is 5.83. The lowest BCUT2D eigenvalue weighted by atomic mass is 10.00. The lowest BCUT2D eigenvalue weighted by molar-refractivity contribution is -0.131. The molecule has 1 aromatic rings. The predicted molar refractivity (Wildman–Crippen MR) is 79.1 cm³/mol. The normalized spacial score (nSPS) is 27.8. The molecule has 2 unspecified atom stereocenters. The number of hydrogen-bond acceptors (Lipinski definition) is 3. The molecule has 3 rings (SSSR count). The van der Waals surface area contributed by atoms with Crippen LogP contribution in [0.15, 0.2) is 30.3 Å². The van der Waals surface area contributed by atoms with Gasteiger partial charge in [0, 0.05) is 18.2 Å². The molecule has 2 heterocycles. The number of amides is 1. The molecule has 2 atom stereocenters. The Kier molecular flexibility index (Phi) is 3.76. The Morgan fingerprint density at radius 3 is 2.71 bits per heavy atom. The first-order valence-corrected chi connectivity index (χ1v) is 7.36. The number of carbonyl (C=O) groups excluding carboxylic acids is 1. The van der Waals surface area contributed by atoms with Crippen LogP contribution in [-0.2, 0) is 4.79 Å². The number of aliphatic hydroxyl groups excluding tert-OH is 1. The topological polar surface area (TPSA) is 64.3 Å². The Morgan fingerprint density at radius 1 is 1.33 bits per heavy atom. The van der Waals surface area contributed by atoms with Crippen molar-refractivity contribution in [2.24, 2.45) is 0 Å². The molecule has 1 aromatic carbocycles. The minimum atomic E-state index is -0.261. The summed E-state index contributed by atoms with van der Waals surface area (Å²) in [4.78, 5) is 14.3. The fourth-order valence-corrected chi connectivity index (χ4v) is 3.47. The number of fused-ring (bicyclic) bond motifs is 2. The lowest BCUT2D eigenvalue weighted by Gasteiger charge is -2.36. The van der Waals surface area contributed by atoms with Gasteiger partial charge in [-0.25, -0.2) is 0 Å². The molecule has 0 spiro atoms. The van der Waals surface area contributed by atoms with Crippen molar-refractivity contribution in [2.45, 2.75) is 43.9 Å². The van der Waals surface area contributed by atoms with E-state index in [0.29, 0.717) is 18.4 Å². The van der Waals surface area contributed by atoms with E-state index in [2.05, 4.69) is 6.07 Å². The Hall–Kier alpha value is -2.12. The smallest absolute Gasteiger partial charge is 0.247 e. The molecule has 21 heavy (non-hydrogen) atoms. The number of nitrogens with zero attached hydrogens (tertiary/aromatic N) is 2. The van der Waals surface area contributed by atoms with Gasteiger partial charge in [-0.05, 0) is 49.5 Å². The molecule has 2 saturated heterocycles. The number of hydrogen-bond donors (Lipinski definition) is 1. The quantitative estimate of drug-likeness (QED) is 0.845. The molecule has 0 saturated carbocycles. The lowest BCUT2D eigenvalue weighted by Crippen LogP contribution is -2.47. The van der Waals surface area contributed by atoms with E-state index >= 15 is 0 Å². The summed E-state index contributed by atoms with van der Waals surface area (Å²) in [6.07, 6.45) is 6.45. The van der Waals surface area contributed by atoms with Crippen LogP contribution in [0.3, 0.4) is 0 Å². The molecular formula is C17H18N2O2. The number of nitriles is 1. The van der Waals surface area contributed by atoms with E-state index in [1.54, 1.807) is 24.3 Å². The van der Waals surface area contributed by atoms with Gasteiger partial charge < -0.3 is 10.0 Å². The standard InChI is InChI=1S/C17H18N2O2/c18-11-13-3-1-2-12(8-13)4-7-17(21)19-14-5-6-15(19)10-16(20)9-14/h1-4,7-8,14-16,20H,5-6,9-10H2. The van der Waals surface area contributed by atoms with Crippen LogP contribution < -0.4 is 0 Å². The van der Waals surface area contributed by atoms with Gasteiger partial charge >= 0.3 is 0 Å². The Labute approximate surface area is 124 Å². The molecule has 4 nitrogen and oxygen atoms in total. The molecule has 2 bridgehead atoms. The molecule has 1 N–H and O–H groups in total. The van der Waals surface area contributed by atoms with E-state index in [1.165, 1.54) is 0 Å². The Balaban J connectivity index is 1.72. The van der Waals surface area contributed by atoms with E-state index in [9.17, 15) is 9.90 Å². The molecule has 108 valence electrons. The predicted octanol–water partition coefficient (Wildman–Crippen LogP) is 2.09. The largest absolute Gasteiger partial charge is 0.393 e. The Bertz CT molecular complexity index is 603.